The number of carbonyl (C=O) groups excluding carboxylic acids is 1. The minimum Gasteiger partial charge on any atom is -0.421 e. The lowest BCUT2D eigenvalue weighted by molar-refractivity contribution is -0.121. The van der Waals surface area contributed by atoms with E-state index < -0.39 is 0 Å². The van der Waals surface area contributed by atoms with Gasteiger partial charge in [0.1, 0.15) is 0 Å². The van der Waals surface area contributed by atoms with Gasteiger partial charge in [-0.1, -0.05) is 55.0 Å². The number of aryl methyl sites for hydroxylation is 2. The van der Waals surface area contributed by atoms with Crippen LogP contribution in [0, 0.1) is 6.92 Å². The minimum absolute atomic E-state index is 0.0112. The van der Waals surface area contributed by atoms with Crippen LogP contribution < -0.4 is 5.32 Å². The summed E-state index contributed by atoms with van der Waals surface area (Å²) < 4.78 is 5.65. The molecule has 0 saturated heterocycles. The van der Waals surface area contributed by atoms with Crippen LogP contribution in [0.3, 0.4) is 0 Å². The third-order valence-electron chi connectivity index (χ3n) is 4.31. The Morgan fingerprint density at radius 3 is 2.54 bits per heavy atom. The van der Waals surface area contributed by atoms with Crippen molar-refractivity contribution in [2.45, 2.75) is 32.6 Å². The van der Waals surface area contributed by atoms with Crippen molar-refractivity contribution in [1.29, 1.82) is 0 Å². The monoisotopic (exact) mass is 349 g/mol. The summed E-state index contributed by atoms with van der Waals surface area (Å²) in [5.41, 5.74) is 3.28. The van der Waals surface area contributed by atoms with Gasteiger partial charge in [0.15, 0.2) is 0 Å². The van der Waals surface area contributed by atoms with Crippen LogP contribution in [0.5, 0.6) is 0 Å². The molecule has 0 fully saturated rings. The summed E-state index contributed by atoms with van der Waals surface area (Å²) in [6, 6.07) is 18.0. The second kappa shape index (κ2) is 8.43. The number of hydrogen-bond donors (Lipinski definition) is 1. The summed E-state index contributed by atoms with van der Waals surface area (Å²) in [7, 11) is 0. The normalized spacial score (nSPS) is 11.9. The molecular weight excluding hydrogens is 326 g/mol. The van der Waals surface area contributed by atoms with Crippen LogP contribution in [-0.4, -0.2) is 22.6 Å². The topological polar surface area (TPSA) is 68.0 Å². The van der Waals surface area contributed by atoms with Gasteiger partial charge < -0.3 is 9.73 Å². The standard InChI is InChI=1S/C21H23N3O2/c1-15-8-10-18(11-9-15)21-24-23-20(26-21)13-12-19(25)22-14-16(2)17-6-4-3-5-7-17/h3-11,16H,12-14H2,1-2H3,(H,22,25). The van der Waals surface area contributed by atoms with E-state index in [1.165, 1.54) is 11.1 Å². The smallest absolute Gasteiger partial charge is 0.247 e. The van der Waals surface area contributed by atoms with Crippen molar-refractivity contribution in [1.82, 2.24) is 15.5 Å². The number of aromatic nitrogens is 2. The number of nitrogens with one attached hydrogen (secondary N) is 1. The molecule has 3 rings (SSSR count). The average Bonchev–Trinajstić information content (AvgIpc) is 3.14. The zero-order valence-electron chi connectivity index (χ0n) is 15.1. The number of hydrogen-bond acceptors (Lipinski definition) is 4. The molecule has 0 aliphatic carbocycles. The summed E-state index contributed by atoms with van der Waals surface area (Å²) in [4.78, 5) is 12.1. The molecule has 1 amide bonds. The third-order valence-corrected chi connectivity index (χ3v) is 4.31. The largest absolute Gasteiger partial charge is 0.421 e. The average molecular weight is 349 g/mol. The van der Waals surface area contributed by atoms with E-state index in [-0.39, 0.29) is 11.8 Å². The Hall–Kier alpha value is -2.95. The molecule has 134 valence electrons. The highest BCUT2D eigenvalue weighted by molar-refractivity contribution is 5.76. The minimum atomic E-state index is -0.0112. The van der Waals surface area contributed by atoms with Gasteiger partial charge in [-0.3, -0.25) is 4.79 Å². The molecule has 0 saturated carbocycles. The maximum absolute atomic E-state index is 12.1. The summed E-state index contributed by atoms with van der Waals surface area (Å²) in [6.07, 6.45) is 0.765. The van der Waals surface area contributed by atoms with Gasteiger partial charge in [-0.2, -0.15) is 0 Å². The number of amides is 1. The Morgan fingerprint density at radius 2 is 1.81 bits per heavy atom. The second-order valence-corrected chi connectivity index (χ2v) is 6.48. The predicted molar refractivity (Wildman–Crippen MR) is 101 cm³/mol. The van der Waals surface area contributed by atoms with Crippen molar-refractivity contribution in [2.75, 3.05) is 6.54 Å². The highest BCUT2D eigenvalue weighted by Crippen LogP contribution is 2.18. The summed E-state index contributed by atoms with van der Waals surface area (Å²) >= 11 is 0. The van der Waals surface area contributed by atoms with Gasteiger partial charge in [0.2, 0.25) is 17.7 Å². The van der Waals surface area contributed by atoms with Gasteiger partial charge in [0.05, 0.1) is 0 Å². The Balaban J connectivity index is 1.47. The van der Waals surface area contributed by atoms with E-state index in [2.05, 4.69) is 34.6 Å². The summed E-state index contributed by atoms with van der Waals surface area (Å²) in [5, 5.41) is 11.1. The van der Waals surface area contributed by atoms with Crippen LogP contribution in [0.4, 0.5) is 0 Å². The SMILES string of the molecule is Cc1ccc(-c2nnc(CCC(=O)NCC(C)c3ccccc3)o2)cc1. The first-order chi connectivity index (χ1) is 12.6. The molecular formula is C21H23N3O2. The molecule has 1 heterocycles. The number of benzene rings is 2. The molecule has 2 aromatic carbocycles. The van der Waals surface area contributed by atoms with E-state index in [9.17, 15) is 4.79 Å². The summed E-state index contributed by atoms with van der Waals surface area (Å²) in [6.45, 7) is 4.74. The van der Waals surface area contributed by atoms with Crippen LogP contribution >= 0.6 is 0 Å². The lowest BCUT2D eigenvalue weighted by atomic mass is 10.0. The van der Waals surface area contributed by atoms with Gasteiger partial charge in [0.25, 0.3) is 0 Å². The molecule has 26 heavy (non-hydrogen) atoms. The molecule has 3 aromatic rings. The fourth-order valence-electron chi connectivity index (χ4n) is 2.64. The first-order valence-electron chi connectivity index (χ1n) is 8.83. The van der Waals surface area contributed by atoms with Crippen molar-refractivity contribution in [2.24, 2.45) is 0 Å². The van der Waals surface area contributed by atoms with E-state index in [4.69, 9.17) is 4.42 Å². The second-order valence-electron chi connectivity index (χ2n) is 6.48. The molecule has 0 aliphatic rings. The van der Waals surface area contributed by atoms with E-state index in [0.717, 1.165) is 5.56 Å². The van der Waals surface area contributed by atoms with E-state index in [1.807, 2.05) is 49.4 Å². The molecule has 1 N–H and O–H groups in total. The van der Waals surface area contributed by atoms with E-state index in [1.54, 1.807) is 0 Å². The van der Waals surface area contributed by atoms with Crippen molar-refractivity contribution in [3.63, 3.8) is 0 Å². The molecule has 5 nitrogen and oxygen atoms in total. The molecule has 0 radical (unpaired) electrons. The lowest BCUT2D eigenvalue weighted by Gasteiger charge is -2.12. The molecule has 1 unspecified atom stereocenters. The number of carbonyl (C=O) groups is 1. The zero-order chi connectivity index (χ0) is 18.4. The van der Waals surface area contributed by atoms with Gasteiger partial charge in [-0.15, -0.1) is 10.2 Å². The van der Waals surface area contributed by atoms with Crippen LogP contribution in [0.2, 0.25) is 0 Å². The van der Waals surface area contributed by atoms with Crippen molar-refractivity contribution >= 4 is 5.91 Å². The van der Waals surface area contributed by atoms with Crippen molar-refractivity contribution in [3.05, 3.63) is 71.6 Å². The Morgan fingerprint density at radius 1 is 1.08 bits per heavy atom. The van der Waals surface area contributed by atoms with E-state index in [0.29, 0.717) is 31.2 Å². The van der Waals surface area contributed by atoms with Crippen molar-refractivity contribution in [3.8, 4) is 11.5 Å². The number of nitrogens with zero attached hydrogens (tertiary/aromatic N) is 2. The molecule has 5 heteroatoms. The zero-order valence-corrected chi connectivity index (χ0v) is 15.1. The van der Waals surface area contributed by atoms with Gasteiger partial charge >= 0.3 is 0 Å². The third kappa shape index (κ3) is 4.79. The Bertz CT molecular complexity index is 841. The fourth-order valence-corrected chi connectivity index (χ4v) is 2.64. The van der Waals surface area contributed by atoms with E-state index >= 15 is 0 Å². The number of rotatable bonds is 7. The maximum atomic E-state index is 12.1. The first-order valence-corrected chi connectivity index (χ1v) is 8.83. The molecule has 0 bridgehead atoms. The van der Waals surface area contributed by atoms with Crippen LogP contribution in [0.25, 0.3) is 11.5 Å². The molecule has 0 spiro atoms. The van der Waals surface area contributed by atoms with Crippen LogP contribution in [-0.2, 0) is 11.2 Å². The molecule has 1 aromatic heterocycles. The quantitative estimate of drug-likeness (QED) is 0.702. The molecule has 1 atom stereocenters. The Kier molecular flexibility index (Phi) is 5.79. The van der Waals surface area contributed by atoms with Gasteiger partial charge in [-0.25, -0.2) is 0 Å². The highest BCUT2D eigenvalue weighted by atomic mass is 16.4. The van der Waals surface area contributed by atoms with Gasteiger partial charge in [-0.05, 0) is 30.5 Å². The summed E-state index contributed by atoms with van der Waals surface area (Å²) in [5.74, 6) is 1.23. The maximum Gasteiger partial charge on any atom is 0.247 e. The molecule has 0 aliphatic heterocycles. The lowest BCUT2D eigenvalue weighted by Crippen LogP contribution is -2.27. The van der Waals surface area contributed by atoms with Crippen LogP contribution in [0.15, 0.2) is 59.0 Å². The predicted octanol–water partition coefficient (Wildman–Crippen LogP) is 3.90. The fraction of sp³-hybridized carbons (Fsp3) is 0.286. The first kappa shape index (κ1) is 17.9. The highest BCUT2D eigenvalue weighted by Gasteiger charge is 2.11. The van der Waals surface area contributed by atoms with Gasteiger partial charge in [0, 0.05) is 24.9 Å². The van der Waals surface area contributed by atoms with Crippen molar-refractivity contribution < 1.29 is 9.21 Å². The Labute approximate surface area is 153 Å². The van der Waals surface area contributed by atoms with Crippen LogP contribution in [0.1, 0.15) is 36.3 Å².